The van der Waals surface area contributed by atoms with Crippen LogP contribution in [0.2, 0.25) is 0 Å². The molecule has 4 heteroatoms. The average molecular weight is 225 g/mol. The Hall–Kier alpha value is -0.610. The van der Waals surface area contributed by atoms with Crippen molar-refractivity contribution in [2.45, 2.75) is 38.8 Å². The minimum atomic E-state index is 0.318. The summed E-state index contributed by atoms with van der Waals surface area (Å²) in [5.41, 5.74) is 0. The predicted molar refractivity (Wildman–Crippen MR) is 64.3 cm³/mol. The van der Waals surface area contributed by atoms with Crippen LogP contribution >= 0.6 is 0 Å². The number of amides is 1. The molecule has 1 saturated carbocycles. The Bertz CT molecular complexity index is 253. The van der Waals surface area contributed by atoms with E-state index in [9.17, 15) is 4.79 Å². The van der Waals surface area contributed by atoms with Crippen molar-refractivity contribution in [3.8, 4) is 0 Å². The molecule has 0 aromatic rings. The molecule has 4 nitrogen and oxygen atoms in total. The third kappa shape index (κ3) is 2.74. The Morgan fingerprint density at radius 2 is 2.25 bits per heavy atom. The molecule has 1 unspecified atom stereocenters. The molecule has 1 N–H and O–H groups in total. The average Bonchev–Trinajstić information content (AvgIpc) is 3.07. The monoisotopic (exact) mass is 225 g/mol. The molecule has 1 aliphatic carbocycles. The van der Waals surface area contributed by atoms with E-state index in [1.54, 1.807) is 0 Å². The molecule has 92 valence electrons. The third-order valence-electron chi connectivity index (χ3n) is 3.63. The van der Waals surface area contributed by atoms with Crippen molar-refractivity contribution in [1.29, 1.82) is 0 Å². The van der Waals surface area contributed by atoms with Gasteiger partial charge in [0.2, 0.25) is 5.91 Å². The Balaban J connectivity index is 1.84. The Morgan fingerprint density at radius 1 is 1.50 bits per heavy atom. The topological polar surface area (TPSA) is 35.6 Å². The number of likely N-dealkylation sites (N-methyl/N-ethyl adjacent to an activating group) is 1. The Kier molecular flexibility index (Phi) is 3.82. The summed E-state index contributed by atoms with van der Waals surface area (Å²) in [4.78, 5) is 16.5. The molecule has 2 rings (SSSR count). The first-order chi connectivity index (χ1) is 7.72. The van der Waals surface area contributed by atoms with E-state index in [1.165, 1.54) is 12.8 Å². The first-order valence-electron chi connectivity index (χ1n) is 6.46. The van der Waals surface area contributed by atoms with Gasteiger partial charge in [-0.3, -0.25) is 9.69 Å². The fraction of sp³-hybridized carbons (Fsp3) is 0.917. The van der Waals surface area contributed by atoms with Gasteiger partial charge in [-0.2, -0.15) is 0 Å². The van der Waals surface area contributed by atoms with Crippen LogP contribution in [0.15, 0.2) is 0 Å². The van der Waals surface area contributed by atoms with Gasteiger partial charge in [-0.05, 0) is 26.7 Å². The van der Waals surface area contributed by atoms with Gasteiger partial charge in [0, 0.05) is 38.3 Å². The maximum absolute atomic E-state index is 12.1. The maximum atomic E-state index is 12.1. The molecule has 1 saturated heterocycles. The second kappa shape index (κ2) is 5.15. The molecular weight excluding hydrogens is 202 g/mol. The first-order valence-corrected chi connectivity index (χ1v) is 6.46. The molecule has 1 aliphatic heterocycles. The van der Waals surface area contributed by atoms with E-state index >= 15 is 0 Å². The van der Waals surface area contributed by atoms with Crippen LogP contribution in [0.5, 0.6) is 0 Å². The fourth-order valence-electron chi connectivity index (χ4n) is 2.41. The van der Waals surface area contributed by atoms with E-state index in [0.29, 0.717) is 24.5 Å². The highest BCUT2D eigenvalue weighted by atomic mass is 16.2. The zero-order valence-corrected chi connectivity index (χ0v) is 10.4. The Morgan fingerprint density at radius 3 is 2.81 bits per heavy atom. The van der Waals surface area contributed by atoms with Crippen molar-refractivity contribution in [3.63, 3.8) is 0 Å². The summed E-state index contributed by atoms with van der Waals surface area (Å²) in [6, 6.07) is 1.03. The SMILES string of the molecule is CCN(C(=O)CN1CCNCC1C)C1CC1. The summed E-state index contributed by atoms with van der Waals surface area (Å²) < 4.78 is 0. The van der Waals surface area contributed by atoms with Gasteiger partial charge >= 0.3 is 0 Å². The molecule has 1 amide bonds. The lowest BCUT2D eigenvalue weighted by molar-refractivity contribution is -0.133. The van der Waals surface area contributed by atoms with Crippen LogP contribution in [0.1, 0.15) is 26.7 Å². The van der Waals surface area contributed by atoms with E-state index in [-0.39, 0.29) is 0 Å². The second-order valence-electron chi connectivity index (χ2n) is 4.93. The van der Waals surface area contributed by atoms with Crippen LogP contribution in [0.3, 0.4) is 0 Å². The number of carbonyl (C=O) groups is 1. The molecule has 1 heterocycles. The number of rotatable bonds is 4. The highest BCUT2D eigenvalue weighted by Gasteiger charge is 2.32. The number of hydrogen-bond acceptors (Lipinski definition) is 3. The van der Waals surface area contributed by atoms with Gasteiger partial charge in [-0.25, -0.2) is 0 Å². The highest BCUT2D eigenvalue weighted by molar-refractivity contribution is 5.79. The van der Waals surface area contributed by atoms with Crippen LogP contribution < -0.4 is 5.32 Å². The standard InChI is InChI=1S/C12H23N3O/c1-3-15(11-4-5-11)12(16)9-14-7-6-13-8-10(14)2/h10-11,13H,3-9H2,1-2H3. The lowest BCUT2D eigenvalue weighted by Crippen LogP contribution is -2.53. The smallest absolute Gasteiger partial charge is 0.236 e. The minimum Gasteiger partial charge on any atom is -0.339 e. The van der Waals surface area contributed by atoms with Crippen LogP contribution in [-0.2, 0) is 4.79 Å². The highest BCUT2D eigenvalue weighted by Crippen LogP contribution is 2.26. The summed E-state index contributed by atoms with van der Waals surface area (Å²) in [6.45, 7) is 8.74. The lowest BCUT2D eigenvalue weighted by Gasteiger charge is -2.34. The Labute approximate surface area is 98.0 Å². The number of nitrogens with one attached hydrogen (secondary N) is 1. The van der Waals surface area contributed by atoms with Crippen molar-refractivity contribution in [3.05, 3.63) is 0 Å². The van der Waals surface area contributed by atoms with Crippen molar-refractivity contribution in [2.75, 3.05) is 32.7 Å². The minimum absolute atomic E-state index is 0.318. The van der Waals surface area contributed by atoms with Crippen LogP contribution in [0.25, 0.3) is 0 Å². The van der Waals surface area contributed by atoms with E-state index in [2.05, 4.69) is 29.0 Å². The molecule has 16 heavy (non-hydrogen) atoms. The maximum Gasteiger partial charge on any atom is 0.236 e. The molecular formula is C12H23N3O. The fourth-order valence-corrected chi connectivity index (χ4v) is 2.41. The van der Waals surface area contributed by atoms with Gasteiger partial charge in [-0.15, -0.1) is 0 Å². The largest absolute Gasteiger partial charge is 0.339 e. The number of piperazine rings is 1. The number of hydrogen-bond donors (Lipinski definition) is 1. The van der Waals surface area contributed by atoms with Crippen molar-refractivity contribution in [1.82, 2.24) is 15.1 Å². The summed E-state index contributed by atoms with van der Waals surface area (Å²) in [6.07, 6.45) is 2.41. The van der Waals surface area contributed by atoms with Gasteiger partial charge in [0.05, 0.1) is 6.54 Å². The molecule has 0 spiro atoms. The summed E-state index contributed by atoms with van der Waals surface area (Å²) in [5, 5.41) is 3.35. The van der Waals surface area contributed by atoms with Gasteiger partial charge < -0.3 is 10.2 Å². The first kappa shape index (κ1) is 11.9. The lowest BCUT2D eigenvalue weighted by atomic mass is 10.2. The van der Waals surface area contributed by atoms with Gasteiger partial charge in [0.15, 0.2) is 0 Å². The predicted octanol–water partition coefficient (Wildman–Crippen LogP) is 0.291. The normalized spacial score (nSPS) is 26.8. The molecule has 1 atom stereocenters. The van der Waals surface area contributed by atoms with E-state index in [0.717, 1.165) is 26.2 Å². The summed E-state index contributed by atoms with van der Waals surface area (Å²) in [5.74, 6) is 0.318. The van der Waals surface area contributed by atoms with Crippen LogP contribution in [0, 0.1) is 0 Å². The van der Waals surface area contributed by atoms with Crippen LogP contribution in [-0.4, -0.2) is 60.5 Å². The molecule has 0 aromatic heterocycles. The summed E-state index contributed by atoms with van der Waals surface area (Å²) >= 11 is 0. The van der Waals surface area contributed by atoms with Crippen LogP contribution in [0.4, 0.5) is 0 Å². The molecule has 0 radical (unpaired) electrons. The molecule has 0 aromatic carbocycles. The molecule has 2 aliphatic rings. The van der Waals surface area contributed by atoms with E-state index in [4.69, 9.17) is 0 Å². The van der Waals surface area contributed by atoms with Crippen molar-refractivity contribution < 1.29 is 4.79 Å². The third-order valence-corrected chi connectivity index (χ3v) is 3.63. The molecule has 0 bridgehead atoms. The molecule has 2 fully saturated rings. The summed E-state index contributed by atoms with van der Waals surface area (Å²) in [7, 11) is 0. The second-order valence-corrected chi connectivity index (χ2v) is 4.93. The van der Waals surface area contributed by atoms with E-state index in [1.807, 2.05) is 0 Å². The van der Waals surface area contributed by atoms with Crippen molar-refractivity contribution in [2.24, 2.45) is 0 Å². The zero-order chi connectivity index (χ0) is 11.5. The van der Waals surface area contributed by atoms with E-state index < -0.39 is 0 Å². The van der Waals surface area contributed by atoms with Gasteiger partial charge in [0.1, 0.15) is 0 Å². The quantitative estimate of drug-likeness (QED) is 0.747. The zero-order valence-electron chi connectivity index (χ0n) is 10.4. The van der Waals surface area contributed by atoms with Gasteiger partial charge in [-0.1, -0.05) is 0 Å². The number of nitrogens with zero attached hydrogens (tertiary/aromatic N) is 2. The van der Waals surface area contributed by atoms with Gasteiger partial charge in [0.25, 0.3) is 0 Å². The number of carbonyl (C=O) groups excluding carboxylic acids is 1. The van der Waals surface area contributed by atoms with Crippen molar-refractivity contribution >= 4 is 5.91 Å².